The number of benzene rings is 2. The summed E-state index contributed by atoms with van der Waals surface area (Å²) in [4.78, 5) is 15.3. The smallest absolute Gasteiger partial charge is 0.319 e. The maximum Gasteiger partial charge on any atom is 0.319 e. The van der Waals surface area contributed by atoms with E-state index < -0.39 is 0 Å². The maximum atomic E-state index is 12.6. The zero-order valence-corrected chi connectivity index (χ0v) is 18.3. The van der Waals surface area contributed by atoms with Gasteiger partial charge in [-0.2, -0.15) is 5.10 Å². The summed E-state index contributed by atoms with van der Waals surface area (Å²) in [6.07, 6.45) is 8.39. The first-order chi connectivity index (χ1) is 15.1. The van der Waals surface area contributed by atoms with Gasteiger partial charge in [-0.05, 0) is 73.4 Å². The van der Waals surface area contributed by atoms with Crippen molar-refractivity contribution in [3.63, 3.8) is 0 Å². The summed E-state index contributed by atoms with van der Waals surface area (Å²) in [5.74, 6) is 0.405. The largest absolute Gasteiger partial charge is 0.366 e. The van der Waals surface area contributed by atoms with E-state index in [1.54, 1.807) is 6.20 Å². The molecule has 2 amide bonds. The van der Waals surface area contributed by atoms with Crippen LogP contribution in [0.4, 0.5) is 16.2 Å². The summed E-state index contributed by atoms with van der Waals surface area (Å²) in [6.45, 7) is 4.97. The fourth-order valence-electron chi connectivity index (χ4n) is 5.40. The molecule has 2 saturated heterocycles. The van der Waals surface area contributed by atoms with Gasteiger partial charge in [0.25, 0.3) is 0 Å². The third kappa shape index (κ3) is 3.87. The van der Waals surface area contributed by atoms with E-state index in [1.807, 2.05) is 18.2 Å². The molecule has 31 heavy (non-hydrogen) atoms. The van der Waals surface area contributed by atoms with Crippen LogP contribution < -0.4 is 15.5 Å². The number of carbonyl (C=O) groups is 1. The van der Waals surface area contributed by atoms with Crippen LogP contribution in [0.25, 0.3) is 10.9 Å². The SMILES string of the molecule is CC(C)c1cc(N2[C@@H]3CCC[C@H]2CC3)ccc1CNC(=O)Nc1cccc2[nH]ncc12. The zero-order chi connectivity index (χ0) is 21.4. The van der Waals surface area contributed by atoms with E-state index in [2.05, 4.69) is 57.8 Å². The predicted octanol–water partition coefficient (Wildman–Crippen LogP) is 5.53. The molecule has 2 atom stereocenters. The summed E-state index contributed by atoms with van der Waals surface area (Å²) in [5.41, 5.74) is 5.51. The normalized spacial score (nSPS) is 20.4. The fraction of sp³-hybridized carbons (Fsp3) is 0.440. The van der Waals surface area contributed by atoms with Crippen LogP contribution in [0.1, 0.15) is 63.0 Å². The maximum absolute atomic E-state index is 12.6. The minimum absolute atomic E-state index is 0.207. The summed E-state index contributed by atoms with van der Waals surface area (Å²) in [6, 6.07) is 13.8. The van der Waals surface area contributed by atoms with Gasteiger partial charge >= 0.3 is 6.03 Å². The molecule has 0 unspecified atom stereocenters. The van der Waals surface area contributed by atoms with Gasteiger partial charge in [-0.3, -0.25) is 5.10 Å². The Morgan fingerprint density at radius 2 is 1.97 bits per heavy atom. The number of piperidine rings is 1. The van der Waals surface area contributed by atoms with Gasteiger partial charge in [-0.1, -0.05) is 26.0 Å². The van der Waals surface area contributed by atoms with Crippen LogP contribution in [0, 0.1) is 0 Å². The molecule has 0 radical (unpaired) electrons. The molecule has 1 aromatic heterocycles. The van der Waals surface area contributed by atoms with Crippen LogP contribution in [0.5, 0.6) is 0 Å². The monoisotopic (exact) mass is 417 g/mol. The van der Waals surface area contributed by atoms with Crippen molar-refractivity contribution in [2.24, 2.45) is 0 Å². The van der Waals surface area contributed by atoms with Crippen LogP contribution in [0.2, 0.25) is 0 Å². The van der Waals surface area contributed by atoms with Gasteiger partial charge in [-0.15, -0.1) is 0 Å². The number of fused-ring (bicyclic) bond motifs is 3. The Morgan fingerprint density at radius 3 is 2.74 bits per heavy atom. The highest BCUT2D eigenvalue weighted by Gasteiger charge is 2.36. The highest BCUT2D eigenvalue weighted by atomic mass is 16.2. The molecule has 2 aliphatic rings. The predicted molar refractivity (Wildman–Crippen MR) is 126 cm³/mol. The van der Waals surface area contributed by atoms with Crippen molar-refractivity contribution >= 4 is 28.3 Å². The average molecular weight is 418 g/mol. The van der Waals surface area contributed by atoms with Crippen molar-refractivity contribution in [2.45, 2.75) is 70.5 Å². The number of rotatable bonds is 5. The van der Waals surface area contributed by atoms with E-state index in [9.17, 15) is 4.79 Å². The van der Waals surface area contributed by atoms with Gasteiger partial charge in [0, 0.05) is 29.7 Å². The van der Waals surface area contributed by atoms with Gasteiger partial charge in [0.2, 0.25) is 0 Å². The second-order valence-corrected chi connectivity index (χ2v) is 9.21. The van der Waals surface area contributed by atoms with Crippen LogP contribution in [-0.4, -0.2) is 28.3 Å². The molecule has 6 nitrogen and oxygen atoms in total. The number of hydrogen-bond donors (Lipinski definition) is 3. The van der Waals surface area contributed by atoms with E-state index >= 15 is 0 Å². The van der Waals surface area contributed by atoms with Crippen molar-refractivity contribution < 1.29 is 4.79 Å². The van der Waals surface area contributed by atoms with Gasteiger partial charge in [0.1, 0.15) is 0 Å². The lowest BCUT2D eigenvalue weighted by Gasteiger charge is -2.37. The summed E-state index contributed by atoms with van der Waals surface area (Å²) in [5, 5.41) is 13.9. The Morgan fingerprint density at radius 1 is 1.16 bits per heavy atom. The van der Waals surface area contributed by atoms with E-state index in [4.69, 9.17) is 0 Å². The molecule has 2 fully saturated rings. The first-order valence-corrected chi connectivity index (χ1v) is 11.5. The molecule has 0 aliphatic carbocycles. The van der Waals surface area contributed by atoms with E-state index in [0.29, 0.717) is 24.5 Å². The topological polar surface area (TPSA) is 73.1 Å². The van der Waals surface area contributed by atoms with Gasteiger partial charge in [0.05, 0.1) is 17.4 Å². The Balaban J connectivity index is 1.30. The molecule has 2 bridgehead atoms. The van der Waals surface area contributed by atoms with E-state index in [1.165, 1.54) is 48.9 Å². The minimum atomic E-state index is -0.207. The zero-order valence-electron chi connectivity index (χ0n) is 18.3. The Labute approximate surface area is 183 Å². The molecule has 0 spiro atoms. The highest BCUT2D eigenvalue weighted by molar-refractivity contribution is 6.00. The lowest BCUT2D eigenvalue weighted by molar-refractivity contribution is 0.251. The van der Waals surface area contributed by atoms with E-state index in [-0.39, 0.29) is 6.03 Å². The first-order valence-electron chi connectivity index (χ1n) is 11.5. The van der Waals surface area contributed by atoms with Crippen LogP contribution >= 0.6 is 0 Å². The Bertz CT molecular complexity index is 1070. The van der Waals surface area contributed by atoms with Gasteiger partial charge in [-0.25, -0.2) is 4.79 Å². The minimum Gasteiger partial charge on any atom is -0.366 e. The number of carbonyl (C=O) groups excluding carboxylic acids is 1. The summed E-state index contributed by atoms with van der Waals surface area (Å²) >= 11 is 0. The molecule has 2 aliphatic heterocycles. The average Bonchev–Trinajstić information content (AvgIpc) is 3.34. The van der Waals surface area contributed by atoms with Crippen molar-refractivity contribution in [1.29, 1.82) is 0 Å². The number of hydrogen-bond acceptors (Lipinski definition) is 3. The molecule has 3 N–H and O–H groups in total. The number of H-pyrrole nitrogens is 1. The van der Waals surface area contributed by atoms with Gasteiger partial charge < -0.3 is 15.5 Å². The lowest BCUT2D eigenvalue weighted by atomic mass is 9.94. The van der Waals surface area contributed by atoms with Crippen molar-refractivity contribution in [3.8, 4) is 0 Å². The molecule has 5 rings (SSSR count). The third-order valence-corrected chi connectivity index (χ3v) is 6.92. The molecule has 162 valence electrons. The Kier molecular flexibility index (Phi) is 5.30. The van der Waals surface area contributed by atoms with Crippen LogP contribution in [0.3, 0.4) is 0 Å². The van der Waals surface area contributed by atoms with Crippen molar-refractivity contribution in [3.05, 3.63) is 53.7 Å². The fourth-order valence-corrected chi connectivity index (χ4v) is 5.40. The number of anilines is 2. The molecule has 2 aromatic carbocycles. The molecular formula is C25H31N5O. The van der Waals surface area contributed by atoms with Crippen molar-refractivity contribution in [2.75, 3.05) is 10.2 Å². The number of nitrogens with zero attached hydrogens (tertiary/aromatic N) is 2. The quantitative estimate of drug-likeness (QED) is 0.511. The first kappa shape index (κ1) is 19.9. The number of aromatic nitrogens is 2. The third-order valence-electron chi connectivity index (χ3n) is 6.92. The van der Waals surface area contributed by atoms with Crippen LogP contribution in [-0.2, 0) is 6.54 Å². The highest BCUT2D eigenvalue weighted by Crippen LogP contribution is 2.40. The molecule has 3 heterocycles. The number of aromatic amines is 1. The second kappa shape index (κ2) is 8.25. The Hall–Kier alpha value is -3.02. The van der Waals surface area contributed by atoms with Crippen molar-refractivity contribution in [1.82, 2.24) is 15.5 Å². The standard InChI is InChI=1S/C25H31N5O/c1-16(2)21-13-20(30-18-5-3-6-19(30)12-11-18)10-9-17(21)14-26-25(31)28-23-7-4-8-24-22(23)15-27-29-24/h4,7-10,13,15-16,18-19H,3,5-6,11-12,14H2,1-2H3,(H,27,29)(H2,26,28,31)/t18-,19+. The molecule has 6 heteroatoms. The van der Waals surface area contributed by atoms with Gasteiger partial charge in [0.15, 0.2) is 0 Å². The molecular weight excluding hydrogens is 386 g/mol. The number of amides is 2. The number of nitrogens with one attached hydrogen (secondary N) is 3. The lowest BCUT2D eigenvalue weighted by Crippen LogP contribution is -2.39. The molecule has 3 aromatic rings. The summed E-state index contributed by atoms with van der Waals surface area (Å²) in [7, 11) is 0. The summed E-state index contributed by atoms with van der Waals surface area (Å²) < 4.78 is 0. The molecule has 0 saturated carbocycles. The van der Waals surface area contributed by atoms with Crippen LogP contribution in [0.15, 0.2) is 42.6 Å². The second-order valence-electron chi connectivity index (χ2n) is 9.21. The van der Waals surface area contributed by atoms with E-state index in [0.717, 1.165) is 16.6 Å². The number of urea groups is 1.